The summed E-state index contributed by atoms with van der Waals surface area (Å²) in [6, 6.07) is 8.40. The Morgan fingerprint density at radius 2 is 1.97 bits per heavy atom. The Bertz CT molecular complexity index is 1370. The van der Waals surface area contributed by atoms with Gasteiger partial charge in [0.1, 0.15) is 11.6 Å². The minimum atomic E-state index is -0.514. The van der Waals surface area contributed by atoms with Gasteiger partial charge in [-0.25, -0.2) is 9.37 Å². The number of imidazole rings is 1. The summed E-state index contributed by atoms with van der Waals surface area (Å²) in [7, 11) is 1.62. The van der Waals surface area contributed by atoms with Gasteiger partial charge >= 0.3 is 0 Å². The summed E-state index contributed by atoms with van der Waals surface area (Å²) >= 11 is 6.16. The molecule has 0 bridgehead atoms. The fourth-order valence-corrected chi connectivity index (χ4v) is 5.25. The van der Waals surface area contributed by atoms with Crippen molar-refractivity contribution in [1.29, 1.82) is 0 Å². The Hall–Kier alpha value is -3.10. The van der Waals surface area contributed by atoms with Crippen LogP contribution < -0.4 is 9.47 Å². The van der Waals surface area contributed by atoms with E-state index in [1.54, 1.807) is 19.2 Å². The Morgan fingerprint density at radius 1 is 1.19 bits per heavy atom. The predicted octanol–water partition coefficient (Wildman–Crippen LogP) is 5.48. The topological polar surface area (TPSA) is 65.8 Å². The molecular formula is C28H31ClFN3O4. The van der Waals surface area contributed by atoms with E-state index in [4.69, 9.17) is 30.8 Å². The van der Waals surface area contributed by atoms with E-state index in [2.05, 4.69) is 0 Å². The standard InChI is InChI=1S/C28H31ClFN3O4/c1-16(2)37-24-14-22-17(13-23(24)35-5)7-9-21-25(27(34)32-10-11-36-15-28(32,3)4)31-26(33(21)22)18-6-8-20(30)19(29)12-18/h6,8,12-14,16H,7,9-11,15H2,1-5H3. The van der Waals surface area contributed by atoms with Crippen LogP contribution >= 0.6 is 11.6 Å². The summed E-state index contributed by atoms with van der Waals surface area (Å²) in [6.07, 6.45) is 1.25. The van der Waals surface area contributed by atoms with Gasteiger partial charge in [0.25, 0.3) is 5.91 Å². The number of hydrogen-bond acceptors (Lipinski definition) is 5. The molecule has 196 valence electrons. The molecule has 0 radical (unpaired) electrons. The number of carbonyl (C=O) groups is 1. The smallest absolute Gasteiger partial charge is 0.274 e. The second-order valence-electron chi connectivity index (χ2n) is 10.3. The minimum absolute atomic E-state index is 0.00775. The van der Waals surface area contributed by atoms with E-state index in [0.29, 0.717) is 61.2 Å². The first-order valence-corrected chi connectivity index (χ1v) is 12.8. The lowest BCUT2D eigenvalue weighted by Crippen LogP contribution is -2.55. The van der Waals surface area contributed by atoms with Gasteiger partial charge in [-0.15, -0.1) is 0 Å². The Morgan fingerprint density at radius 3 is 2.65 bits per heavy atom. The summed E-state index contributed by atoms with van der Waals surface area (Å²) < 4.78 is 33.3. The highest BCUT2D eigenvalue weighted by molar-refractivity contribution is 6.31. The lowest BCUT2D eigenvalue weighted by atomic mass is 9.98. The highest BCUT2D eigenvalue weighted by Gasteiger charge is 2.38. The maximum Gasteiger partial charge on any atom is 0.274 e. The molecule has 9 heteroatoms. The van der Waals surface area contributed by atoms with Crippen molar-refractivity contribution in [3.05, 3.63) is 58.1 Å². The first-order chi connectivity index (χ1) is 17.6. The molecule has 7 nitrogen and oxygen atoms in total. The molecule has 1 saturated heterocycles. The number of amides is 1. The molecule has 37 heavy (non-hydrogen) atoms. The number of benzene rings is 2. The number of methoxy groups -OCH3 is 1. The van der Waals surface area contributed by atoms with Crippen molar-refractivity contribution in [2.75, 3.05) is 26.9 Å². The van der Waals surface area contributed by atoms with Gasteiger partial charge in [-0.1, -0.05) is 11.6 Å². The van der Waals surface area contributed by atoms with Gasteiger partial charge in [0.05, 0.1) is 48.4 Å². The van der Waals surface area contributed by atoms with Crippen molar-refractivity contribution >= 4 is 17.5 Å². The monoisotopic (exact) mass is 527 g/mol. The molecule has 2 aliphatic heterocycles. The molecule has 3 heterocycles. The van der Waals surface area contributed by atoms with Gasteiger partial charge in [-0.2, -0.15) is 0 Å². The molecule has 5 rings (SSSR count). The number of halogens is 2. The van der Waals surface area contributed by atoms with Crippen molar-refractivity contribution < 1.29 is 23.4 Å². The molecule has 2 aliphatic rings. The number of aromatic nitrogens is 2. The Kier molecular flexibility index (Phi) is 6.66. The summed E-state index contributed by atoms with van der Waals surface area (Å²) in [5.74, 6) is 1.11. The Balaban J connectivity index is 1.73. The molecular weight excluding hydrogens is 497 g/mol. The largest absolute Gasteiger partial charge is 0.493 e. The number of morpholine rings is 1. The minimum Gasteiger partial charge on any atom is -0.493 e. The molecule has 1 fully saturated rings. The third-order valence-electron chi connectivity index (χ3n) is 6.84. The van der Waals surface area contributed by atoms with Gasteiger partial charge < -0.3 is 19.1 Å². The number of hydrogen-bond donors (Lipinski definition) is 0. The summed E-state index contributed by atoms with van der Waals surface area (Å²) in [4.78, 5) is 20.7. The normalized spacial score (nSPS) is 16.4. The van der Waals surface area contributed by atoms with Crippen molar-refractivity contribution in [3.8, 4) is 28.6 Å². The maximum atomic E-state index is 14.0. The van der Waals surface area contributed by atoms with Gasteiger partial charge in [-0.3, -0.25) is 9.36 Å². The van der Waals surface area contributed by atoms with E-state index in [1.807, 2.05) is 49.3 Å². The molecule has 0 spiro atoms. The van der Waals surface area contributed by atoms with Crippen LogP contribution in [0.3, 0.4) is 0 Å². The number of ether oxygens (including phenoxy) is 3. The van der Waals surface area contributed by atoms with E-state index in [0.717, 1.165) is 16.9 Å². The SMILES string of the molecule is COc1cc2c(cc1OC(C)C)-n1c(-c3ccc(F)c(Cl)c3)nc(C(=O)N3CCOCC3(C)C)c1CC2. The van der Waals surface area contributed by atoms with Crippen LogP contribution in [0.25, 0.3) is 17.1 Å². The number of nitrogens with zero attached hydrogens (tertiary/aromatic N) is 3. The lowest BCUT2D eigenvalue weighted by molar-refractivity contribution is -0.0373. The molecule has 0 saturated carbocycles. The first-order valence-electron chi connectivity index (χ1n) is 12.5. The van der Waals surface area contributed by atoms with E-state index in [9.17, 15) is 9.18 Å². The van der Waals surface area contributed by atoms with Crippen LogP contribution in [0.4, 0.5) is 4.39 Å². The number of aryl methyl sites for hydroxylation is 1. The number of fused-ring (bicyclic) bond motifs is 3. The fraction of sp³-hybridized carbons (Fsp3) is 0.429. The second kappa shape index (κ2) is 9.65. The van der Waals surface area contributed by atoms with Crippen LogP contribution in [0.2, 0.25) is 5.02 Å². The molecule has 2 aromatic carbocycles. The van der Waals surface area contributed by atoms with Crippen molar-refractivity contribution in [3.63, 3.8) is 0 Å². The van der Waals surface area contributed by atoms with Crippen LogP contribution in [-0.4, -0.2) is 58.9 Å². The average molecular weight is 528 g/mol. The highest BCUT2D eigenvalue weighted by Crippen LogP contribution is 2.40. The molecule has 0 N–H and O–H groups in total. The molecule has 0 unspecified atom stereocenters. The number of rotatable bonds is 5. The summed E-state index contributed by atoms with van der Waals surface area (Å²) in [6.45, 7) is 9.30. The van der Waals surface area contributed by atoms with E-state index < -0.39 is 11.4 Å². The third kappa shape index (κ3) is 4.57. The molecule has 3 aromatic rings. The van der Waals surface area contributed by atoms with E-state index in [1.165, 1.54) is 6.07 Å². The van der Waals surface area contributed by atoms with Gasteiger partial charge in [0.2, 0.25) is 0 Å². The Labute approximate surface area is 221 Å². The fourth-order valence-electron chi connectivity index (χ4n) is 5.06. The van der Waals surface area contributed by atoms with Crippen LogP contribution in [0.15, 0.2) is 30.3 Å². The highest BCUT2D eigenvalue weighted by atomic mass is 35.5. The molecule has 0 aliphatic carbocycles. The van der Waals surface area contributed by atoms with Gasteiger partial charge in [0.15, 0.2) is 17.2 Å². The maximum absolute atomic E-state index is 14.0. The van der Waals surface area contributed by atoms with Crippen molar-refractivity contribution in [2.24, 2.45) is 0 Å². The van der Waals surface area contributed by atoms with Crippen LogP contribution in [0.1, 0.15) is 49.4 Å². The molecule has 0 atom stereocenters. The van der Waals surface area contributed by atoms with Crippen LogP contribution in [0, 0.1) is 5.82 Å². The lowest BCUT2D eigenvalue weighted by Gasteiger charge is -2.41. The van der Waals surface area contributed by atoms with Crippen LogP contribution in [-0.2, 0) is 17.6 Å². The summed E-state index contributed by atoms with van der Waals surface area (Å²) in [5.41, 5.74) is 3.22. The van der Waals surface area contributed by atoms with Crippen LogP contribution in [0.5, 0.6) is 11.5 Å². The van der Waals surface area contributed by atoms with Crippen molar-refractivity contribution in [1.82, 2.24) is 14.5 Å². The first kappa shape index (κ1) is 25.5. The predicted molar refractivity (Wildman–Crippen MR) is 140 cm³/mol. The number of carbonyl (C=O) groups excluding carboxylic acids is 1. The van der Waals surface area contributed by atoms with Gasteiger partial charge in [-0.05, 0) is 70.4 Å². The van der Waals surface area contributed by atoms with Gasteiger partial charge in [0, 0.05) is 18.2 Å². The second-order valence-corrected chi connectivity index (χ2v) is 10.7. The quantitative estimate of drug-likeness (QED) is 0.440. The molecule has 1 amide bonds. The van der Waals surface area contributed by atoms with E-state index >= 15 is 0 Å². The third-order valence-corrected chi connectivity index (χ3v) is 7.13. The molecule has 1 aromatic heterocycles. The average Bonchev–Trinajstić information content (AvgIpc) is 3.24. The van der Waals surface area contributed by atoms with Crippen molar-refractivity contribution in [2.45, 2.75) is 52.2 Å². The van der Waals surface area contributed by atoms with E-state index in [-0.39, 0.29) is 17.0 Å². The zero-order valence-electron chi connectivity index (χ0n) is 21.7. The summed E-state index contributed by atoms with van der Waals surface area (Å²) in [5, 5.41) is -0.00775. The zero-order valence-corrected chi connectivity index (χ0v) is 22.5. The zero-order chi connectivity index (χ0) is 26.5.